The molecule has 0 heterocycles. The Kier molecular flexibility index (Phi) is 3.46. The van der Waals surface area contributed by atoms with Crippen LogP contribution in [0.15, 0.2) is 0 Å². The van der Waals surface area contributed by atoms with E-state index in [1.165, 1.54) is 12.8 Å². The van der Waals surface area contributed by atoms with Gasteiger partial charge in [-0.1, -0.05) is 20.8 Å². The molecule has 2 fully saturated rings. The second-order valence-corrected chi connectivity index (χ2v) is 7.10. The normalized spacial score (nSPS) is 39.8. The molecular formula is C14H24ClNO. The predicted octanol–water partition coefficient (Wildman–Crippen LogP) is 3.34. The highest BCUT2D eigenvalue weighted by molar-refractivity contribution is 6.18. The van der Waals surface area contributed by atoms with E-state index in [-0.39, 0.29) is 22.8 Å². The first kappa shape index (κ1) is 13.2. The lowest BCUT2D eigenvalue weighted by atomic mass is 9.78. The number of carbonyl (C=O) groups excluding carboxylic acids is 1. The van der Waals surface area contributed by atoms with Crippen LogP contribution >= 0.6 is 11.6 Å². The third-order valence-corrected chi connectivity index (χ3v) is 5.22. The maximum atomic E-state index is 12.2. The van der Waals surface area contributed by atoms with Crippen LogP contribution in [0.3, 0.4) is 0 Å². The summed E-state index contributed by atoms with van der Waals surface area (Å²) in [4.78, 5) is 12.2. The van der Waals surface area contributed by atoms with Gasteiger partial charge in [0, 0.05) is 11.8 Å². The molecule has 2 rings (SSSR count). The van der Waals surface area contributed by atoms with Crippen molar-refractivity contribution in [2.75, 3.05) is 5.88 Å². The summed E-state index contributed by atoms with van der Waals surface area (Å²) in [5, 5.41) is 3.25. The summed E-state index contributed by atoms with van der Waals surface area (Å²) >= 11 is 6.11. The topological polar surface area (TPSA) is 29.1 Å². The summed E-state index contributed by atoms with van der Waals surface area (Å²) < 4.78 is 0. The molecule has 0 radical (unpaired) electrons. The summed E-state index contributed by atoms with van der Waals surface area (Å²) in [6.07, 6.45) is 5.46. The summed E-state index contributed by atoms with van der Waals surface area (Å²) in [5.74, 6) is 1.77. The summed E-state index contributed by atoms with van der Waals surface area (Å²) in [7, 11) is 0. The fraction of sp³-hybridized carbons (Fsp3) is 0.929. The van der Waals surface area contributed by atoms with E-state index in [0.717, 1.165) is 25.2 Å². The molecule has 17 heavy (non-hydrogen) atoms. The van der Waals surface area contributed by atoms with Gasteiger partial charge in [-0.2, -0.15) is 0 Å². The van der Waals surface area contributed by atoms with Crippen LogP contribution in [0.1, 0.15) is 52.9 Å². The van der Waals surface area contributed by atoms with Crippen LogP contribution in [-0.4, -0.2) is 17.3 Å². The first-order chi connectivity index (χ1) is 7.88. The minimum Gasteiger partial charge on any atom is -0.349 e. The van der Waals surface area contributed by atoms with Crippen LogP contribution in [0.4, 0.5) is 0 Å². The largest absolute Gasteiger partial charge is 0.349 e. The average molecular weight is 258 g/mol. The van der Waals surface area contributed by atoms with Crippen molar-refractivity contribution in [3.05, 3.63) is 0 Å². The van der Waals surface area contributed by atoms with Gasteiger partial charge in [-0.15, -0.1) is 11.6 Å². The van der Waals surface area contributed by atoms with Crippen molar-refractivity contribution < 1.29 is 4.79 Å². The van der Waals surface area contributed by atoms with Crippen molar-refractivity contribution in [2.24, 2.45) is 17.3 Å². The summed E-state index contributed by atoms with van der Waals surface area (Å²) in [5.41, 5.74) is 0.0867. The van der Waals surface area contributed by atoms with Crippen molar-refractivity contribution in [1.29, 1.82) is 0 Å². The Morgan fingerprint density at radius 2 is 1.88 bits per heavy atom. The fourth-order valence-electron chi connectivity index (χ4n) is 2.87. The number of halogens is 1. The molecule has 0 spiro atoms. The Balaban J connectivity index is 1.93. The van der Waals surface area contributed by atoms with E-state index in [9.17, 15) is 4.79 Å². The second kappa shape index (κ2) is 4.46. The van der Waals surface area contributed by atoms with E-state index in [1.807, 2.05) is 0 Å². The van der Waals surface area contributed by atoms with Crippen LogP contribution in [0.5, 0.6) is 0 Å². The number of nitrogens with one attached hydrogen (secondary N) is 1. The minimum atomic E-state index is -0.121. The molecule has 0 aromatic carbocycles. The van der Waals surface area contributed by atoms with E-state index >= 15 is 0 Å². The van der Waals surface area contributed by atoms with E-state index < -0.39 is 0 Å². The zero-order chi connectivity index (χ0) is 12.7. The molecular weight excluding hydrogens is 234 g/mol. The Labute approximate surface area is 109 Å². The molecule has 1 N–H and O–H groups in total. The first-order valence-corrected chi connectivity index (χ1v) is 7.30. The van der Waals surface area contributed by atoms with Gasteiger partial charge in [-0.3, -0.25) is 4.79 Å². The number of rotatable bonds is 3. The van der Waals surface area contributed by atoms with Gasteiger partial charge in [0.2, 0.25) is 5.91 Å². The molecule has 2 aliphatic carbocycles. The molecule has 1 atom stereocenters. The van der Waals surface area contributed by atoms with E-state index in [2.05, 4.69) is 26.1 Å². The van der Waals surface area contributed by atoms with Gasteiger partial charge < -0.3 is 5.32 Å². The first-order valence-electron chi connectivity index (χ1n) is 6.77. The van der Waals surface area contributed by atoms with Gasteiger partial charge >= 0.3 is 0 Å². The minimum absolute atomic E-state index is 0.121. The molecule has 2 nitrogen and oxygen atoms in total. The van der Waals surface area contributed by atoms with Gasteiger partial charge in [-0.05, 0) is 43.4 Å². The van der Waals surface area contributed by atoms with E-state index in [1.54, 1.807) is 0 Å². The quantitative estimate of drug-likeness (QED) is 0.772. The van der Waals surface area contributed by atoms with Gasteiger partial charge in [0.05, 0.1) is 5.54 Å². The Bertz CT molecular complexity index is 305. The Morgan fingerprint density at radius 3 is 2.29 bits per heavy atom. The monoisotopic (exact) mass is 257 g/mol. The number of hydrogen-bond acceptors (Lipinski definition) is 1. The summed E-state index contributed by atoms with van der Waals surface area (Å²) in [6, 6.07) is 0. The van der Waals surface area contributed by atoms with Crippen LogP contribution in [0.2, 0.25) is 0 Å². The van der Waals surface area contributed by atoms with E-state index in [4.69, 9.17) is 11.6 Å². The number of hydrogen-bond donors (Lipinski definition) is 1. The average Bonchev–Trinajstić information content (AvgIpc) is 2.92. The third-order valence-electron chi connectivity index (χ3n) is 4.71. The highest BCUT2D eigenvalue weighted by atomic mass is 35.5. The lowest BCUT2D eigenvalue weighted by Gasteiger charge is -2.39. The van der Waals surface area contributed by atoms with Crippen LogP contribution < -0.4 is 5.32 Å². The molecule has 2 aliphatic rings. The lowest BCUT2D eigenvalue weighted by Crippen LogP contribution is -2.52. The zero-order valence-corrected chi connectivity index (χ0v) is 11.9. The molecule has 0 aromatic rings. The van der Waals surface area contributed by atoms with Crippen molar-refractivity contribution in [1.82, 2.24) is 5.32 Å². The van der Waals surface area contributed by atoms with Gasteiger partial charge in [0.25, 0.3) is 0 Å². The number of carbonyl (C=O) groups is 1. The number of amides is 1. The van der Waals surface area contributed by atoms with E-state index in [0.29, 0.717) is 5.88 Å². The SMILES string of the molecule is CC1CCC(CCl)(NC(=O)C2CC2(C)C)CC1. The van der Waals surface area contributed by atoms with Gasteiger partial charge in [0.15, 0.2) is 0 Å². The van der Waals surface area contributed by atoms with Crippen molar-refractivity contribution in [3.8, 4) is 0 Å². The summed E-state index contributed by atoms with van der Waals surface area (Å²) in [6.45, 7) is 6.60. The molecule has 0 aliphatic heterocycles. The molecule has 1 amide bonds. The van der Waals surface area contributed by atoms with Crippen LogP contribution in [0.25, 0.3) is 0 Å². The molecule has 3 heteroatoms. The third kappa shape index (κ3) is 2.78. The zero-order valence-electron chi connectivity index (χ0n) is 11.2. The van der Waals surface area contributed by atoms with Gasteiger partial charge in [-0.25, -0.2) is 0 Å². The van der Waals surface area contributed by atoms with Crippen LogP contribution in [-0.2, 0) is 4.79 Å². The Hall–Kier alpha value is -0.240. The van der Waals surface area contributed by atoms with Crippen molar-refractivity contribution in [2.45, 2.75) is 58.4 Å². The van der Waals surface area contributed by atoms with Crippen molar-refractivity contribution >= 4 is 17.5 Å². The molecule has 0 aromatic heterocycles. The highest BCUT2D eigenvalue weighted by Crippen LogP contribution is 2.52. The molecule has 1 unspecified atom stereocenters. The maximum absolute atomic E-state index is 12.2. The molecule has 0 bridgehead atoms. The lowest BCUT2D eigenvalue weighted by molar-refractivity contribution is -0.125. The predicted molar refractivity (Wildman–Crippen MR) is 71.1 cm³/mol. The molecule has 2 saturated carbocycles. The second-order valence-electron chi connectivity index (χ2n) is 6.83. The van der Waals surface area contributed by atoms with Crippen LogP contribution in [0, 0.1) is 17.3 Å². The maximum Gasteiger partial charge on any atom is 0.224 e. The van der Waals surface area contributed by atoms with Gasteiger partial charge in [0.1, 0.15) is 0 Å². The fourth-order valence-corrected chi connectivity index (χ4v) is 3.20. The highest BCUT2D eigenvalue weighted by Gasteiger charge is 2.52. The van der Waals surface area contributed by atoms with Crippen molar-refractivity contribution in [3.63, 3.8) is 0 Å². The molecule has 0 saturated heterocycles. The number of alkyl halides is 1. The standard InChI is InChI=1S/C14H24ClNO/c1-10-4-6-14(9-15,7-5-10)16-12(17)11-8-13(11,2)3/h10-11H,4-9H2,1-3H3,(H,16,17). The smallest absolute Gasteiger partial charge is 0.224 e. The Morgan fingerprint density at radius 1 is 1.35 bits per heavy atom. The molecule has 98 valence electrons.